The lowest BCUT2D eigenvalue weighted by Crippen LogP contribution is -2.12. The number of hydrogen-bond donors (Lipinski definition) is 1. The molecule has 0 bridgehead atoms. The van der Waals surface area contributed by atoms with Gasteiger partial charge in [0.05, 0.1) is 5.69 Å². The molecule has 0 aliphatic heterocycles. The Bertz CT molecular complexity index is 629. The summed E-state index contributed by atoms with van der Waals surface area (Å²) in [6.45, 7) is 4.10. The first-order valence-electron chi connectivity index (χ1n) is 7.39. The van der Waals surface area contributed by atoms with Crippen molar-refractivity contribution in [2.75, 3.05) is 5.73 Å². The maximum Gasteiger partial charge on any atom is 0.146 e. The van der Waals surface area contributed by atoms with E-state index in [1.54, 1.807) is 0 Å². The van der Waals surface area contributed by atoms with E-state index in [1.807, 2.05) is 13.3 Å². The average molecular weight is 271 g/mol. The highest BCUT2D eigenvalue weighted by Crippen LogP contribution is 2.25. The van der Waals surface area contributed by atoms with E-state index in [-0.39, 0.29) is 0 Å². The van der Waals surface area contributed by atoms with E-state index >= 15 is 0 Å². The Labute approximate surface area is 119 Å². The van der Waals surface area contributed by atoms with Crippen LogP contribution in [0.5, 0.6) is 0 Å². The number of fused-ring (bicyclic) bond motifs is 1. The first kappa shape index (κ1) is 13.1. The van der Waals surface area contributed by atoms with Crippen LogP contribution in [0.15, 0.2) is 6.33 Å². The van der Waals surface area contributed by atoms with Crippen LogP contribution in [0.2, 0.25) is 0 Å². The largest absolute Gasteiger partial charge is 0.383 e. The van der Waals surface area contributed by atoms with Gasteiger partial charge in [0.2, 0.25) is 0 Å². The predicted molar refractivity (Wildman–Crippen MR) is 78.9 cm³/mol. The Morgan fingerprint density at radius 2 is 2.05 bits per heavy atom. The zero-order valence-electron chi connectivity index (χ0n) is 12.2. The number of hydrogen-bond acceptors (Lipinski definition) is 4. The summed E-state index contributed by atoms with van der Waals surface area (Å²) >= 11 is 0. The molecule has 3 rings (SSSR count). The molecule has 2 aromatic rings. The first-order chi connectivity index (χ1) is 9.70. The molecule has 0 radical (unpaired) electrons. The predicted octanol–water partition coefficient (Wildman–Crippen LogP) is 2.38. The van der Waals surface area contributed by atoms with Crippen molar-refractivity contribution >= 4 is 5.82 Å². The van der Waals surface area contributed by atoms with Crippen molar-refractivity contribution in [3.05, 3.63) is 29.1 Å². The van der Waals surface area contributed by atoms with Crippen molar-refractivity contribution in [1.29, 1.82) is 0 Å². The highest BCUT2D eigenvalue weighted by atomic mass is 15.1. The summed E-state index contributed by atoms with van der Waals surface area (Å²) in [5.41, 5.74) is 9.49. The van der Waals surface area contributed by atoms with Crippen LogP contribution in [0.4, 0.5) is 5.82 Å². The fourth-order valence-corrected chi connectivity index (χ4v) is 2.79. The third-order valence-electron chi connectivity index (χ3n) is 3.94. The van der Waals surface area contributed by atoms with E-state index in [4.69, 9.17) is 10.7 Å². The highest BCUT2D eigenvalue weighted by molar-refractivity contribution is 5.49. The summed E-state index contributed by atoms with van der Waals surface area (Å²) in [5.74, 6) is 2.30. The van der Waals surface area contributed by atoms with Crippen LogP contribution in [0.1, 0.15) is 49.0 Å². The van der Waals surface area contributed by atoms with Crippen molar-refractivity contribution in [3.63, 3.8) is 0 Å². The SMILES string of the molecule is CCCc1nc(N)c(C)c(-n2cnc3c2CCCC3)n1. The quantitative estimate of drug-likeness (QED) is 0.930. The number of aryl methyl sites for hydroxylation is 2. The standard InChI is InChI=1S/C15H21N5/c1-3-6-13-18-14(16)10(2)15(19-13)20-9-17-11-7-4-5-8-12(11)20/h9H,3-8H2,1-2H3,(H2,16,18,19). The van der Waals surface area contributed by atoms with Crippen molar-refractivity contribution < 1.29 is 0 Å². The second-order valence-corrected chi connectivity index (χ2v) is 5.44. The first-order valence-corrected chi connectivity index (χ1v) is 7.39. The lowest BCUT2D eigenvalue weighted by Gasteiger charge is -2.16. The van der Waals surface area contributed by atoms with Gasteiger partial charge >= 0.3 is 0 Å². The molecule has 0 unspecified atom stereocenters. The Hall–Kier alpha value is -1.91. The maximum absolute atomic E-state index is 6.05. The lowest BCUT2D eigenvalue weighted by molar-refractivity contribution is 0.652. The molecule has 5 nitrogen and oxygen atoms in total. The molecule has 1 aliphatic rings. The summed E-state index contributed by atoms with van der Waals surface area (Å²) < 4.78 is 2.11. The van der Waals surface area contributed by atoms with Gasteiger partial charge in [-0.05, 0) is 39.0 Å². The number of imidazole rings is 1. The van der Waals surface area contributed by atoms with Gasteiger partial charge in [-0.3, -0.25) is 4.57 Å². The van der Waals surface area contributed by atoms with Gasteiger partial charge in [0, 0.05) is 17.7 Å². The van der Waals surface area contributed by atoms with Crippen LogP contribution in [0.3, 0.4) is 0 Å². The minimum Gasteiger partial charge on any atom is -0.383 e. The van der Waals surface area contributed by atoms with Crippen LogP contribution >= 0.6 is 0 Å². The van der Waals surface area contributed by atoms with E-state index in [9.17, 15) is 0 Å². The summed E-state index contributed by atoms with van der Waals surface area (Å²) in [6.07, 6.45) is 8.36. The number of nitrogens with zero attached hydrogens (tertiary/aromatic N) is 4. The third-order valence-corrected chi connectivity index (χ3v) is 3.94. The monoisotopic (exact) mass is 271 g/mol. The summed E-state index contributed by atoms with van der Waals surface area (Å²) in [7, 11) is 0. The highest BCUT2D eigenvalue weighted by Gasteiger charge is 2.19. The molecule has 0 amide bonds. The maximum atomic E-state index is 6.05. The van der Waals surface area contributed by atoms with E-state index in [0.29, 0.717) is 5.82 Å². The molecule has 0 saturated carbocycles. The number of nitrogen functional groups attached to an aromatic ring is 1. The minimum atomic E-state index is 0.580. The van der Waals surface area contributed by atoms with Crippen molar-refractivity contribution in [3.8, 4) is 5.82 Å². The molecule has 2 heterocycles. The van der Waals surface area contributed by atoms with Crippen molar-refractivity contribution in [2.24, 2.45) is 0 Å². The van der Waals surface area contributed by atoms with Gasteiger partial charge in [0.15, 0.2) is 0 Å². The van der Waals surface area contributed by atoms with Crippen LogP contribution in [-0.4, -0.2) is 19.5 Å². The summed E-state index contributed by atoms with van der Waals surface area (Å²) in [5, 5.41) is 0. The Morgan fingerprint density at radius 3 is 2.85 bits per heavy atom. The zero-order chi connectivity index (χ0) is 14.1. The fourth-order valence-electron chi connectivity index (χ4n) is 2.79. The molecule has 0 aromatic carbocycles. The van der Waals surface area contributed by atoms with Crippen molar-refractivity contribution in [1.82, 2.24) is 19.5 Å². The number of anilines is 1. The van der Waals surface area contributed by atoms with Gasteiger partial charge < -0.3 is 5.73 Å². The smallest absolute Gasteiger partial charge is 0.146 e. The lowest BCUT2D eigenvalue weighted by atomic mass is 10.0. The van der Waals surface area contributed by atoms with E-state index in [2.05, 4.69) is 21.5 Å². The zero-order valence-corrected chi connectivity index (χ0v) is 12.2. The van der Waals surface area contributed by atoms with E-state index in [0.717, 1.165) is 42.9 Å². The molecular formula is C15H21N5. The van der Waals surface area contributed by atoms with Crippen LogP contribution in [-0.2, 0) is 19.3 Å². The van der Waals surface area contributed by atoms with E-state index in [1.165, 1.54) is 24.2 Å². The Morgan fingerprint density at radius 1 is 1.25 bits per heavy atom. The number of aromatic nitrogens is 4. The number of nitrogens with two attached hydrogens (primary N) is 1. The summed E-state index contributed by atoms with van der Waals surface area (Å²) in [6, 6.07) is 0. The normalized spacial score (nSPS) is 14.3. The molecule has 0 fully saturated rings. The van der Waals surface area contributed by atoms with Crippen LogP contribution in [0.25, 0.3) is 5.82 Å². The molecular weight excluding hydrogens is 250 g/mol. The fraction of sp³-hybridized carbons (Fsp3) is 0.533. The molecule has 5 heteroatoms. The van der Waals surface area contributed by atoms with Crippen LogP contribution < -0.4 is 5.73 Å². The molecule has 0 saturated heterocycles. The van der Waals surface area contributed by atoms with E-state index < -0.39 is 0 Å². The van der Waals surface area contributed by atoms with Gasteiger partial charge in [0.1, 0.15) is 23.8 Å². The van der Waals surface area contributed by atoms with Crippen LogP contribution in [0, 0.1) is 6.92 Å². The molecule has 106 valence electrons. The molecule has 2 N–H and O–H groups in total. The third kappa shape index (κ3) is 2.17. The second-order valence-electron chi connectivity index (χ2n) is 5.44. The van der Waals surface area contributed by atoms with Gasteiger partial charge in [0.25, 0.3) is 0 Å². The average Bonchev–Trinajstić information content (AvgIpc) is 2.87. The molecule has 2 aromatic heterocycles. The summed E-state index contributed by atoms with van der Waals surface area (Å²) in [4.78, 5) is 13.6. The van der Waals surface area contributed by atoms with Gasteiger partial charge in [-0.25, -0.2) is 15.0 Å². The Balaban J connectivity index is 2.11. The van der Waals surface area contributed by atoms with Gasteiger partial charge in [-0.2, -0.15) is 0 Å². The van der Waals surface area contributed by atoms with Gasteiger partial charge in [-0.1, -0.05) is 6.92 Å². The molecule has 1 aliphatic carbocycles. The molecule has 0 atom stereocenters. The second kappa shape index (κ2) is 5.23. The number of rotatable bonds is 3. The topological polar surface area (TPSA) is 69.6 Å². The molecule has 0 spiro atoms. The van der Waals surface area contributed by atoms with Gasteiger partial charge in [-0.15, -0.1) is 0 Å². The van der Waals surface area contributed by atoms with Crippen molar-refractivity contribution in [2.45, 2.75) is 52.4 Å². The minimum absolute atomic E-state index is 0.580. The Kier molecular flexibility index (Phi) is 3.42. The molecule has 20 heavy (non-hydrogen) atoms.